The third-order valence-corrected chi connectivity index (χ3v) is 7.40. The molecule has 5 heterocycles. The number of nitrogens with zero attached hydrogens (tertiary/aromatic N) is 8. The Bertz CT molecular complexity index is 1670. The van der Waals surface area contributed by atoms with Crippen molar-refractivity contribution in [1.29, 1.82) is 0 Å². The van der Waals surface area contributed by atoms with Crippen LogP contribution in [0.25, 0.3) is 28.1 Å². The predicted molar refractivity (Wildman–Crippen MR) is 154 cm³/mol. The van der Waals surface area contributed by atoms with Crippen molar-refractivity contribution in [3.8, 4) is 11.5 Å². The van der Waals surface area contributed by atoms with E-state index < -0.39 is 0 Å². The molecule has 0 unspecified atom stereocenters. The van der Waals surface area contributed by atoms with Gasteiger partial charge in [0, 0.05) is 57.9 Å². The zero-order valence-corrected chi connectivity index (χ0v) is 23.1. The van der Waals surface area contributed by atoms with Gasteiger partial charge in [-0.25, -0.2) is 9.37 Å². The summed E-state index contributed by atoms with van der Waals surface area (Å²) in [5.41, 5.74) is 9.95. The molecule has 4 aromatic heterocycles. The molecule has 0 radical (unpaired) electrons. The Hall–Kier alpha value is -4.49. The van der Waals surface area contributed by atoms with Gasteiger partial charge in [0.1, 0.15) is 22.5 Å². The highest BCUT2D eigenvalue weighted by atomic mass is 19.1. The molecule has 1 amide bonds. The number of furan rings is 1. The van der Waals surface area contributed by atoms with E-state index in [9.17, 15) is 9.18 Å². The number of fused-ring (bicyclic) bond motifs is 3. The van der Waals surface area contributed by atoms with Crippen LogP contribution in [-0.2, 0) is 6.54 Å². The second-order valence-electron chi connectivity index (χ2n) is 10.4. The van der Waals surface area contributed by atoms with Gasteiger partial charge in [0.25, 0.3) is 5.91 Å². The standard InChI is InChI=1S/C28H33FN10O2/c1-35(2)8-7-31-27(40)19-5-6-22(20(29)16-19)37-12-9-36(10-13-37)11-14-38-18-32-25-23-17-21(24-4-3-15-41-24)34-39(23)28(30)33-26(25)38/h3-6,15-18H,7-14H2,1-2H3,(H2,30,33)(H,31,40). The van der Waals surface area contributed by atoms with Crippen molar-refractivity contribution >= 4 is 34.2 Å². The van der Waals surface area contributed by atoms with Crippen molar-refractivity contribution < 1.29 is 13.6 Å². The summed E-state index contributed by atoms with van der Waals surface area (Å²) in [6.45, 7) is 5.65. The van der Waals surface area contributed by atoms with Crippen molar-refractivity contribution in [3.63, 3.8) is 0 Å². The van der Waals surface area contributed by atoms with Gasteiger partial charge in [0.05, 0.1) is 18.3 Å². The zero-order chi connectivity index (χ0) is 28.5. The first-order valence-electron chi connectivity index (χ1n) is 13.6. The van der Waals surface area contributed by atoms with Crippen LogP contribution >= 0.6 is 0 Å². The van der Waals surface area contributed by atoms with Crippen LogP contribution in [0, 0.1) is 5.82 Å². The van der Waals surface area contributed by atoms with Crippen LogP contribution in [0.5, 0.6) is 0 Å². The number of likely N-dealkylation sites (N-methyl/N-ethyl adjacent to an activating group) is 1. The van der Waals surface area contributed by atoms with Gasteiger partial charge in [-0.15, -0.1) is 0 Å². The van der Waals surface area contributed by atoms with E-state index in [2.05, 4.69) is 25.3 Å². The third-order valence-electron chi connectivity index (χ3n) is 7.40. The second kappa shape index (κ2) is 11.2. The number of piperazine rings is 1. The summed E-state index contributed by atoms with van der Waals surface area (Å²) in [5, 5.41) is 7.35. The number of aromatic nitrogens is 5. The Morgan fingerprint density at radius 2 is 1.98 bits per heavy atom. The molecule has 1 fully saturated rings. The van der Waals surface area contributed by atoms with Crippen molar-refractivity contribution in [2.45, 2.75) is 6.54 Å². The van der Waals surface area contributed by atoms with Crippen LogP contribution in [0.4, 0.5) is 16.0 Å². The van der Waals surface area contributed by atoms with Gasteiger partial charge in [0.2, 0.25) is 5.95 Å². The molecule has 0 spiro atoms. The maximum absolute atomic E-state index is 15.0. The minimum absolute atomic E-state index is 0.266. The molecule has 1 saturated heterocycles. The Morgan fingerprint density at radius 1 is 1.15 bits per heavy atom. The number of anilines is 2. The minimum atomic E-state index is -0.381. The van der Waals surface area contributed by atoms with E-state index in [0.29, 0.717) is 54.5 Å². The lowest BCUT2D eigenvalue weighted by molar-refractivity contribution is 0.0950. The number of imidazole rings is 1. The lowest BCUT2D eigenvalue weighted by Crippen LogP contribution is -2.47. The van der Waals surface area contributed by atoms with Gasteiger partial charge in [-0.1, -0.05) is 0 Å². The number of hydrogen-bond acceptors (Lipinski definition) is 9. The number of rotatable bonds is 9. The maximum atomic E-state index is 15.0. The number of nitrogens with two attached hydrogens (primary N) is 1. The highest BCUT2D eigenvalue weighted by Crippen LogP contribution is 2.26. The number of nitrogen functional groups attached to an aromatic ring is 1. The first-order chi connectivity index (χ1) is 19.9. The number of carbonyl (C=O) groups is 1. The van der Waals surface area contributed by atoms with Gasteiger partial charge in [-0.05, 0) is 50.5 Å². The molecule has 3 N–H and O–H groups in total. The Balaban J connectivity index is 1.07. The summed E-state index contributed by atoms with van der Waals surface area (Å²) in [6.07, 6.45) is 3.38. The number of carbonyl (C=O) groups excluding carboxylic acids is 1. The number of hydrogen-bond donors (Lipinski definition) is 2. The van der Waals surface area contributed by atoms with E-state index in [1.807, 2.05) is 46.7 Å². The molecule has 0 atom stereocenters. The van der Waals surface area contributed by atoms with Gasteiger partial charge < -0.3 is 29.8 Å². The first-order valence-corrected chi connectivity index (χ1v) is 13.6. The molecule has 1 aromatic carbocycles. The number of halogens is 1. The molecular formula is C28H33FN10O2. The fourth-order valence-corrected chi connectivity index (χ4v) is 5.12. The van der Waals surface area contributed by atoms with Crippen LogP contribution in [0.15, 0.2) is 53.4 Å². The second-order valence-corrected chi connectivity index (χ2v) is 10.4. The summed E-state index contributed by atoms with van der Waals surface area (Å²) in [4.78, 5) is 27.9. The number of amides is 1. The summed E-state index contributed by atoms with van der Waals surface area (Å²) >= 11 is 0. The normalized spacial score (nSPS) is 14.5. The summed E-state index contributed by atoms with van der Waals surface area (Å²) in [7, 11) is 3.87. The van der Waals surface area contributed by atoms with Gasteiger partial charge in [0.15, 0.2) is 11.4 Å². The Labute approximate surface area is 236 Å². The van der Waals surface area contributed by atoms with Crippen LogP contribution in [0.2, 0.25) is 0 Å². The lowest BCUT2D eigenvalue weighted by Gasteiger charge is -2.36. The lowest BCUT2D eigenvalue weighted by atomic mass is 10.1. The van der Waals surface area contributed by atoms with Crippen LogP contribution in [-0.4, -0.2) is 99.8 Å². The largest absolute Gasteiger partial charge is 0.463 e. The highest BCUT2D eigenvalue weighted by Gasteiger charge is 2.21. The molecule has 0 saturated carbocycles. The fraction of sp³-hybridized carbons (Fsp3) is 0.357. The van der Waals surface area contributed by atoms with Crippen molar-refractivity contribution in [3.05, 3.63) is 60.4 Å². The highest BCUT2D eigenvalue weighted by molar-refractivity contribution is 5.94. The zero-order valence-electron chi connectivity index (χ0n) is 23.1. The van der Waals surface area contributed by atoms with Crippen molar-refractivity contribution in [1.82, 2.24) is 39.3 Å². The molecule has 0 aliphatic carbocycles. The topological polar surface area (TPSA) is 126 Å². The van der Waals surface area contributed by atoms with E-state index in [1.165, 1.54) is 6.07 Å². The fourth-order valence-electron chi connectivity index (χ4n) is 5.12. The SMILES string of the molecule is CN(C)CCNC(=O)c1ccc(N2CCN(CCn3cnc4c3nc(N)n3nc(-c5ccco5)cc43)CC2)c(F)c1. The van der Waals surface area contributed by atoms with E-state index in [0.717, 1.165) is 37.2 Å². The van der Waals surface area contributed by atoms with E-state index in [-0.39, 0.29) is 17.7 Å². The quantitative estimate of drug-likeness (QED) is 0.279. The average Bonchev–Trinajstić information content (AvgIpc) is 3.72. The van der Waals surface area contributed by atoms with Crippen LogP contribution in [0.1, 0.15) is 10.4 Å². The van der Waals surface area contributed by atoms with Crippen molar-refractivity contribution in [2.24, 2.45) is 0 Å². The molecular weight excluding hydrogens is 527 g/mol. The minimum Gasteiger partial charge on any atom is -0.463 e. The van der Waals surface area contributed by atoms with E-state index in [4.69, 9.17) is 10.2 Å². The Morgan fingerprint density at radius 3 is 2.71 bits per heavy atom. The van der Waals surface area contributed by atoms with E-state index in [1.54, 1.807) is 29.2 Å². The maximum Gasteiger partial charge on any atom is 0.251 e. The van der Waals surface area contributed by atoms with E-state index >= 15 is 0 Å². The molecule has 0 bridgehead atoms. The van der Waals surface area contributed by atoms with Gasteiger partial charge in [-0.2, -0.15) is 14.6 Å². The van der Waals surface area contributed by atoms with Crippen LogP contribution < -0.4 is 16.0 Å². The molecule has 1 aliphatic rings. The Kier molecular flexibility index (Phi) is 7.28. The molecule has 12 nitrogen and oxygen atoms in total. The van der Waals surface area contributed by atoms with Crippen molar-refractivity contribution in [2.75, 3.05) is 70.5 Å². The average molecular weight is 561 g/mol. The summed E-state index contributed by atoms with van der Waals surface area (Å²) in [6, 6.07) is 10.3. The summed E-state index contributed by atoms with van der Waals surface area (Å²) in [5.74, 6) is 0.280. The predicted octanol–water partition coefficient (Wildman–Crippen LogP) is 2.17. The van der Waals surface area contributed by atoms with Crippen LogP contribution in [0.3, 0.4) is 0 Å². The molecule has 5 aromatic rings. The molecule has 6 rings (SSSR count). The molecule has 1 aliphatic heterocycles. The summed E-state index contributed by atoms with van der Waals surface area (Å²) < 4.78 is 24.0. The third kappa shape index (κ3) is 5.45. The van der Waals surface area contributed by atoms with Gasteiger partial charge >= 0.3 is 0 Å². The number of nitrogens with one attached hydrogen (secondary N) is 1. The smallest absolute Gasteiger partial charge is 0.251 e. The first kappa shape index (κ1) is 26.7. The van der Waals surface area contributed by atoms with Gasteiger partial charge in [-0.3, -0.25) is 9.69 Å². The monoisotopic (exact) mass is 560 g/mol. The molecule has 41 heavy (non-hydrogen) atoms. The molecule has 13 heteroatoms. The number of benzene rings is 1. The molecule has 214 valence electrons.